The van der Waals surface area contributed by atoms with Crippen molar-refractivity contribution in [3.63, 3.8) is 0 Å². The second-order valence-electron chi connectivity index (χ2n) is 1.87. The lowest BCUT2D eigenvalue weighted by Gasteiger charge is -1.94. The first kappa shape index (κ1) is 9.61. The maximum Gasteiger partial charge on any atom is 0.227 e. The highest BCUT2D eigenvalue weighted by atomic mass is 16.6. The van der Waals surface area contributed by atoms with Crippen LogP contribution in [0.3, 0.4) is 0 Å². The van der Waals surface area contributed by atoms with E-state index in [0.29, 0.717) is 0 Å². The molecule has 0 aliphatic heterocycles. The number of nitrogens with zero attached hydrogens (tertiary/aromatic N) is 2. The molecule has 0 saturated carbocycles. The minimum Gasteiger partial charge on any atom is -0.411 e. The first-order chi connectivity index (χ1) is 5.13. The Kier molecular flexibility index (Phi) is 3.87. The van der Waals surface area contributed by atoms with Crippen LogP contribution in [0.1, 0.15) is 13.8 Å². The fourth-order valence-electron chi connectivity index (χ4n) is 0.486. The van der Waals surface area contributed by atoms with Crippen LogP contribution < -0.4 is 0 Å². The quantitative estimate of drug-likeness (QED) is 0.367. The summed E-state index contributed by atoms with van der Waals surface area (Å²) in [6, 6.07) is 0. The number of oxime groups is 2. The number of Topliss-reactive ketones (excluding diaryl/α,β-unsaturated/α-hetero) is 1. The van der Waals surface area contributed by atoms with Crippen LogP contribution in [0.25, 0.3) is 0 Å². The van der Waals surface area contributed by atoms with E-state index >= 15 is 0 Å². The van der Waals surface area contributed by atoms with Crippen molar-refractivity contribution in [3.8, 4) is 0 Å². The second-order valence-corrected chi connectivity index (χ2v) is 1.87. The first-order valence-corrected chi connectivity index (χ1v) is 2.94. The topological polar surface area (TPSA) is 71.2 Å². The largest absolute Gasteiger partial charge is 0.411 e. The van der Waals surface area contributed by atoms with E-state index in [0.717, 1.165) is 0 Å². The molecule has 0 radical (unpaired) electrons. The molecular formula is C6H10N2O3. The molecule has 1 N–H and O–H groups in total. The normalized spacial score (nSPS) is 13.0. The lowest BCUT2D eigenvalue weighted by atomic mass is 10.2. The van der Waals surface area contributed by atoms with Gasteiger partial charge >= 0.3 is 0 Å². The van der Waals surface area contributed by atoms with Crippen molar-refractivity contribution in [1.29, 1.82) is 0 Å². The smallest absolute Gasteiger partial charge is 0.227 e. The molecule has 0 unspecified atom stereocenters. The highest BCUT2D eigenvalue weighted by Crippen LogP contribution is 1.85. The van der Waals surface area contributed by atoms with Gasteiger partial charge in [-0.1, -0.05) is 10.3 Å². The van der Waals surface area contributed by atoms with Gasteiger partial charge in [0.1, 0.15) is 18.5 Å². The molecule has 11 heavy (non-hydrogen) atoms. The molecule has 62 valence electrons. The van der Waals surface area contributed by atoms with E-state index in [1.807, 2.05) is 0 Å². The molecule has 0 heterocycles. The van der Waals surface area contributed by atoms with E-state index < -0.39 is 5.78 Å². The fourth-order valence-corrected chi connectivity index (χ4v) is 0.486. The zero-order valence-corrected chi connectivity index (χ0v) is 6.66. The molecule has 0 aromatic rings. The molecule has 0 aliphatic carbocycles. The summed E-state index contributed by atoms with van der Waals surface area (Å²) in [4.78, 5) is 15.3. The Balaban J connectivity index is 4.38. The zero-order valence-electron chi connectivity index (χ0n) is 6.66. The molecule has 0 aromatic carbocycles. The third kappa shape index (κ3) is 2.79. The van der Waals surface area contributed by atoms with Gasteiger partial charge < -0.3 is 10.0 Å². The van der Waals surface area contributed by atoms with E-state index in [1.54, 1.807) is 0 Å². The molecule has 0 spiro atoms. The maximum absolute atomic E-state index is 11.0. The van der Waals surface area contributed by atoms with Crippen LogP contribution in [-0.2, 0) is 9.63 Å². The molecule has 0 bridgehead atoms. The zero-order chi connectivity index (χ0) is 8.85. The van der Waals surface area contributed by atoms with E-state index in [1.165, 1.54) is 21.0 Å². The Morgan fingerprint density at radius 3 is 2.27 bits per heavy atom. The first-order valence-electron chi connectivity index (χ1n) is 2.94. The van der Waals surface area contributed by atoms with E-state index in [9.17, 15) is 4.79 Å². The summed E-state index contributed by atoms with van der Waals surface area (Å²) in [7, 11) is 1.34. The standard InChI is InChI=1S/C6H10N2O3/c1-4(7-10)6(9)5(2)8-11-3/h10H,1-3H3/b7-4-,8-5-. The summed E-state index contributed by atoms with van der Waals surface area (Å²) in [5.41, 5.74) is 0.145. The molecule has 0 amide bonds. The second kappa shape index (κ2) is 4.43. The van der Waals surface area contributed by atoms with Crippen molar-refractivity contribution >= 4 is 17.2 Å². The summed E-state index contributed by atoms with van der Waals surface area (Å²) < 4.78 is 0. The summed E-state index contributed by atoms with van der Waals surface area (Å²) in [6.07, 6.45) is 0. The van der Waals surface area contributed by atoms with Crippen molar-refractivity contribution in [2.45, 2.75) is 13.8 Å². The van der Waals surface area contributed by atoms with Crippen molar-refractivity contribution in [2.75, 3.05) is 7.11 Å². The minimum atomic E-state index is -0.436. The number of carbonyl (C=O) groups is 1. The Labute approximate surface area is 64.3 Å². The highest BCUT2D eigenvalue weighted by Gasteiger charge is 2.10. The Hall–Kier alpha value is -1.39. The molecule has 5 nitrogen and oxygen atoms in total. The monoisotopic (exact) mass is 158 g/mol. The highest BCUT2D eigenvalue weighted by molar-refractivity contribution is 6.65. The summed E-state index contributed by atoms with van der Waals surface area (Å²) >= 11 is 0. The molecule has 0 fully saturated rings. The molecule has 0 aromatic heterocycles. The third-order valence-electron chi connectivity index (χ3n) is 1.04. The van der Waals surface area contributed by atoms with Gasteiger partial charge in [0.25, 0.3) is 0 Å². The number of carbonyl (C=O) groups excluding carboxylic acids is 1. The van der Waals surface area contributed by atoms with Gasteiger partial charge in [-0.05, 0) is 13.8 Å². The Morgan fingerprint density at radius 2 is 1.91 bits per heavy atom. The predicted molar refractivity (Wildman–Crippen MR) is 40.0 cm³/mol. The van der Waals surface area contributed by atoms with E-state index in [4.69, 9.17) is 5.21 Å². The van der Waals surface area contributed by atoms with Crippen LogP contribution in [0.15, 0.2) is 10.3 Å². The predicted octanol–water partition coefficient (Wildman–Crippen LogP) is 0.428. The molecule has 0 atom stereocenters. The maximum atomic E-state index is 11.0. The van der Waals surface area contributed by atoms with Crippen LogP contribution in [0.2, 0.25) is 0 Å². The van der Waals surface area contributed by atoms with Gasteiger partial charge in [-0.3, -0.25) is 4.79 Å². The van der Waals surface area contributed by atoms with Crippen LogP contribution >= 0.6 is 0 Å². The molecule has 0 aliphatic rings. The lowest BCUT2D eigenvalue weighted by Crippen LogP contribution is -2.19. The lowest BCUT2D eigenvalue weighted by molar-refractivity contribution is -0.107. The molecular weight excluding hydrogens is 148 g/mol. The Bertz CT molecular complexity index is 208. The van der Waals surface area contributed by atoms with Crippen LogP contribution in [0, 0.1) is 0 Å². The van der Waals surface area contributed by atoms with Crippen molar-refractivity contribution in [2.24, 2.45) is 10.3 Å². The molecule has 0 saturated heterocycles. The van der Waals surface area contributed by atoms with Crippen LogP contribution in [0.5, 0.6) is 0 Å². The number of hydrogen-bond acceptors (Lipinski definition) is 5. The summed E-state index contributed by atoms with van der Waals surface area (Å²) in [5, 5.41) is 14.3. The van der Waals surface area contributed by atoms with Gasteiger partial charge in [0.05, 0.1) is 0 Å². The van der Waals surface area contributed by atoms with Gasteiger partial charge in [-0.15, -0.1) is 0 Å². The third-order valence-corrected chi connectivity index (χ3v) is 1.04. The van der Waals surface area contributed by atoms with Gasteiger partial charge in [-0.2, -0.15) is 0 Å². The van der Waals surface area contributed by atoms with Crippen LogP contribution in [-0.4, -0.2) is 29.5 Å². The summed E-state index contributed by atoms with van der Waals surface area (Å²) in [6.45, 7) is 2.86. The SMILES string of the molecule is CO/N=C(/C)C(=O)/C(C)=N\O. The van der Waals surface area contributed by atoms with Gasteiger partial charge in [-0.25, -0.2) is 0 Å². The van der Waals surface area contributed by atoms with E-state index in [-0.39, 0.29) is 11.4 Å². The fraction of sp³-hybridized carbons (Fsp3) is 0.500. The Morgan fingerprint density at radius 1 is 1.36 bits per heavy atom. The molecule has 0 rings (SSSR count). The molecule has 5 heteroatoms. The average molecular weight is 158 g/mol. The van der Waals surface area contributed by atoms with Crippen molar-refractivity contribution in [3.05, 3.63) is 0 Å². The minimum absolute atomic E-state index is 0.0108. The van der Waals surface area contributed by atoms with Crippen molar-refractivity contribution in [1.82, 2.24) is 0 Å². The number of rotatable bonds is 3. The van der Waals surface area contributed by atoms with E-state index in [2.05, 4.69) is 15.1 Å². The number of hydrogen-bond donors (Lipinski definition) is 1. The van der Waals surface area contributed by atoms with Gasteiger partial charge in [0.15, 0.2) is 0 Å². The van der Waals surface area contributed by atoms with Gasteiger partial charge in [0.2, 0.25) is 5.78 Å². The summed E-state index contributed by atoms with van der Waals surface area (Å²) in [5.74, 6) is -0.436. The average Bonchev–Trinajstić information content (AvgIpc) is 2.02. The number of ketones is 1. The van der Waals surface area contributed by atoms with Crippen molar-refractivity contribution < 1.29 is 14.8 Å². The van der Waals surface area contributed by atoms with Gasteiger partial charge in [0, 0.05) is 0 Å². The van der Waals surface area contributed by atoms with Crippen LogP contribution in [0.4, 0.5) is 0 Å².